The van der Waals surface area contributed by atoms with E-state index in [2.05, 4.69) is 0 Å². The largest absolute Gasteiger partial charge is 0.493 e. The summed E-state index contributed by atoms with van der Waals surface area (Å²) >= 11 is 0. The van der Waals surface area contributed by atoms with Crippen molar-refractivity contribution in [3.05, 3.63) is 29.3 Å². The van der Waals surface area contributed by atoms with Gasteiger partial charge in [-0.25, -0.2) is 8.42 Å². The molecule has 4 nitrogen and oxygen atoms in total. The molecular formula is C14H21NO3S. The minimum Gasteiger partial charge on any atom is -0.493 e. The van der Waals surface area contributed by atoms with Gasteiger partial charge in [-0.15, -0.1) is 0 Å². The number of hydrogen-bond acceptors (Lipinski definition) is 4. The van der Waals surface area contributed by atoms with Crippen LogP contribution in [-0.4, -0.2) is 26.0 Å². The summed E-state index contributed by atoms with van der Waals surface area (Å²) in [4.78, 5) is 0. The molecule has 0 saturated carbocycles. The van der Waals surface area contributed by atoms with E-state index in [1.807, 2.05) is 18.2 Å². The SMILES string of the molecule is CC(C)(C(N)c1cccc2c1OCCC2)S(C)(=O)=O. The standard InChI is InChI=1S/C14H21NO3S/c1-14(2,19(3,16)17)13(15)11-8-4-6-10-7-5-9-18-12(10)11/h4,6,8,13H,5,7,9,15H2,1-3H3. The molecule has 1 aromatic rings. The fraction of sp³-hybridized carbons (Fsp3) is 0.571. The van der Waals surface area contributed by atoms with Gasteiger partial charge in [0.15, 0.2) is 9.84 Å². The van der Waals surface area contributed by atoms with Gasteiger partial charge in [-0.05, 0) is 32.3 Å². The van der Waals surface area contributed by atoms with Crippen LogP contribution in [0.2, 0.25) is 0 Å². The highest BCUT2D eigenvalue weighted by Gasteiger charge is 2.39. The van der Waals surface area contributed by atoms with E-state index >= 15 is 0 Å². The molecule has 0 saturated heterocycles. The van der Waals surface area contributed by atoms with Crippen molar-refractivity contribution in [1.82, 2.24) is 0 Å². The second-order valence-corrected chi connectivity index (χ2v) is 8.24. The van der Waals surface area contributed by atoms with E-state index in [-0.39, 0.29) is 0 Å². The second-order valence-electron chi connectivity index (χ2n) is 5.64. The zero-order valence-corrected chi connectivity index (χ0v) is 12.5. The third-order valence-corrected chi connectivity index (χ3v) is 6.17. The number of hydrogen-bond donors (Lipinski definition) is 1. The molecule has 5 heteroatoms. The van der Waals surface area contributed by atoms with Crippen molar-refractivity contribution in [2.45, 2.75) is 37.5 Å². The molecule has 1 aromatic carbocycles. The monoisotopic (exact) mass is 283 g/mol. The quantitative estimate of drug-likeness (QED) is 0.919. The molecule has 2 N–H and O–H groups in total. The van der Waals surface area contributed by atoms with Crippen molar-refractivity contribution in [1.29, 1.82) is 0 Å². The summed E-state index contributed by atoms with van der Waals surface area (Å²) in [5.74, 6) is 0.776. The molecule has 106 valence electrons. The van der Waals surface area contributed by atoms with Crippen molar-refractivity contribution < 1.29 is 13.2 Å². The molecule has 0 fully saturated rings. The van der Waals surface area contributed by atoms with Gasteiger partial charge < -0.3 is 10.5 Å². The van der Waals surface area contributed by atoms with Crippen LogP contribution in [0, 0.1) is 0 Å². The van der Waals surface area contributed by atoms with Gasteiger partial charge in [-0.1, -0.05) is 18.2 Å². The Kier molecular flexibility index (Phi) is 3.62. The van der Waals surface area contributed by atoms with Crippen LogP contribution < -0.4 is 10.5 Å². The van der Waals surface area contributed by atoms with Crippen LogP contribution in [0.5, 0.6) is 5.75 Å². The zero-order chi connectivity index (χ0) is 14.3. The lowest BCUT2D eigenvalue weighted by molar-refractivity contribution is 0.281. The molecule has 1 atom stereocenters. The third kappa shape index (κ3) is 2.49. The highest BCUT2D eigenvalue weighted by atomic mass is 32.2. The summed E-state index contributed by atoms with van der Waals surface area (Å²) in [5.41, 5.74) is 8.12. The molecule has 1 heterocycles. The molecule has 1 aliphatic heterocycles. The fourth-order valence-corrected chi connectivity index (χ4v) is 2.85. The normalized spacial score (nSPS) is 17.5. The van der Waals surface area contributed by atoms with Crippen LogP contribution in [0.15, 0.2) is 18.2 Å². The molecule has 1 unspecified atom stereocenters. The minimum atomic E-state index is -3.26. The third-order valence-electron chi connectivity index (χ3n) is 4.00. The Bertz CT molecular complexity index is 578. The number of fused-ring (bicyclic) bond motifs is 1. The molecule has 0 aromatic heterocycles. The maximum atomic E-state index is 11.9. The molecule has 0 spiro atoms. The van der Waals surface area contributed by atoms with Crippen molar-refractivity contribution in [2.75, 3.05) is 12.9 Å². The zero-order valence-electron chi connectivity index (χ0n) is 11.6. The number of aryl methyl sites for hydroxylation is 1. The van der Waals surface area contributed by atoms with Crippen molar-refractivity contribution in [3.63, 3.8) is 0 Å². The first-order valence-corrected chi connectivity index (χ1v) is 8.34. The fourth-order valence-electron chi connectivity index (χ4n) is 2.26. The Morgan fingerprint density at radius 1 is 1.37 bits per heavy atom. The van der Waals surface area contributed by atoms with E-state index in [1.165, 1.54) is 6.26 Å². The lowest BCUT2D eigenvalue weighted by Gasteiger charge is -2.32. The van der Waals surface area contributed by atoms with Crippen molar-refractivity contribution >= 4 is 9.84 Å². The van der Waals surface area contributed by atoms with Gasteiger partial charge in [-0.2, -0.15) is 0 Å². The van der Waals surface area contributed by atoms with E-state index < -0.39 is 20.6 Å². The molecule has 0 aliphatic carbocycles. The maximum absolute atomic E-state index is 11.9. The number of benzene rings is 1. The summed E-state index contributed by atoms with van der Waals surface area (Å²) in [6.45, 7) is 3.99. The summed E-state index contributed by atoms with van der Waals surface area (Å²) < 4.78 is 28.5. The van der Waals surface area contributed by atoms with Gasteiger partial charge in [0.1, 0.15) is 5.75 Å². The van der Waals surface area contributed by atoms with Gasteiger partial charge in [0.2, 0.25) is 0 Å². The smallest absolute Gasteiger partial charge is 0.154 e. The first kappa shape index (κ1) is 14.3. The van der Waals surface area contributed by atoms with Crippen molar-refractivity contribution in [2.24, 2.45) is 5.73 Å². The lowest BCUT2D eigenvalue weighted by atomic mass is 9.92. The summed E-state index contributed by atoms with van der Waals surface area (Å²) in [7, 11) is -3.26. The van der Waals surface area contributed by atoms with Crippen LogP contribution in [0.4, 0.5) is 0 Å². The molecule has 0 radical (unpaired) electrons. The van der Waals surface area contributed by atoms with Crippen LogP contribution in [0.1, 0.15) is 37.4 Å². The molecule has 1 aliphatic rings. The lowest BCUT2D eigenvalue weighted by Crippen LogP contribution is -2.42. The average molecular weight is 283 g/mol. The summed E-state index contributed by atoms with van der Waals surface area (Å²) in [6.07, 6.45) is 3.17. The molecule has 19 heavy (non-hydrogen) atoms. The second kappa shape index (κ2) is 4.80. The van der Waals surface area contributed by atoms with Gasteiger partial charge in [0.05, 0.1) is 17.4 Å². The molecule has 0 bridgehead atoms. The van der Waals surface area contributed by atoms with Crippen LogP contribution in [0.25, 0.3) is 0 Å². The number of sulfone groups is 1. The predicted octanol–water partition coefficient (Wildman–Crippen LogP) is 1.83. The first-order chi connectivity index (χ1) is 8.75. The van der Waals surface area contributed by atoms with Gasteiger partial charge >= 0.3 is 0 Å². The number of ether oxygens (including phenoxy) is 1. The minimum absolute atomic E-state index is 0.601. The van der Waals surface area contributed by atoms with Crippen LogP contribution >= 0.6 is 0 Å². The van der Waals surface area contributed by atoms with Crippen LogP contribution in [-0.2, 0) is 16.3 Å². The summed E-state index contributed by atoms with van der Waals surface area (Å²) in [6, 6.07) is 5.19. The molecule has 0 amide bonds. The Balaban J connectivity index is 2.48. The maximum Gasteiger partial charge on any atom is 0.154 e. The van der Waals surface area contributed by atoms with Gasteiger partial charge in [0.25, 0.3) is 0 Å². The van der Waals surface area contributed by atoms with E-state index in [1.54, 1.807) is 13.8 Å². The van der Waals surface area contributed by atoms with E-state index in [4.69, 9.17) is 10.5 Å². The number of para-hydroxylation sites is 1. The average Bonchev–Trinajstić information content (AvgIpc) is 2.36. The van der Waals surface area contributed by atoms with Crippen molar-refractivity contribution in [3.8, 4) is 5.75 Å². The van der Waals surface area contributed by atoms with Gasteiger partial charge in [-0.3, -0.25) is 0 Å². The molecular weight excluding hydrogens is 262 g/mol. The highest BCUT2D eigenvalue weighted by Crippen LogP contribution is 2.38. The number of rotatable bonds is 3. The Morgan fingerprint density at radius 3 is 2.68 bits per heavy atom. The Hall–Kier alpha value is -1.07. The van der Waals surface area contributed by atoms with Crippen LogP contribution in [0.3, 0.4) is 0 Å². The number of nitrogens with two attached hydrogens (primary N) is 1. The molecule has 2 rings (SSSR count). The first-order valence-electron chi connectivity index (χ1n) is 6.45. The highest BCUT2D eigenvalue weighted by molar-refractivity contribution is 7.92. The van der Waals surface area contributed by atoms with E-state index in [0.717, 1.165) is 29.7 Å². The van der Waals surface area contributed by atoms with E-state index in [0.29, 0.717) is 6.61 Å². The van der Waals surface area contributed by atoms with E-state index in [9.17, 15) is 8.42 Å². The Labute approximate surface area is 114 Å². The Morgan fingerprint density at radius 2 is 2.05 bits per heavy atom. The predicted molar refractivity (Wildman–Crippen MR) is 76.1 cm³/mol. The van der Waals surface area contributed by atoms with Gasteiger partial charge in [0, 0.05) is 11.8 Å². The topological polar surface area (TPSA) is 69.4 Å². The summed E-state index contributed by atoms with van der Waals surface area (Å²) in [5, 5.41) is 0.